The minimum atomic E-state index is -0.933. The molecule has 1 N–H and O–H groups in total. The Labute approximate surface area is 201 Å². The van der Waals surface area contributed by atoms with Gasteiger partial charge < -0.3 is 10.0 Å². The molecule has 34 heavy (non-hydrogen) atoms. The lowest BCUT2D eigenvalue weighted by Gasteiger charge is -2.20. The van der Waals surface area contributed by atoms with Crippen LogP contribution in [0.5, 0.6) is 0 Å². The first-order valence-corrected chi connectivity index (χ1v) is 10.9. The Balaban J connectivity index is 0.000000192. The molecule has 0 saturated heterocycles. The molecule has 0 saturated carbocycles. The highest BCUT2D eigenvalue weighted by atomic mass is 35.5. The topological polar surface area (TPSA) is 92.1 Å². The molecule has 8 heteroatoms. The molecule has 3 aromatic carbocycles. The van der Waals surface area contributed by atoms with Crippen LogP contribution in [0.25, 0.3) is 21.8 Å². The summed E-state index contributed by atoms with van der Waals surface area (Å²) in [6.07, 6.45) is 0. The molecule has 0 atom stereocenters. The first-order chi connectivity index (χ1) is 16.3. The van der Waals surface area contributed by atoms with Gasteiger partial charge in [0.25, 0.3) is 0 Å². The number of hydrogen-bond donors (Lipinski definition) is 1. The maximum Gasteiger partial charge on any atom is 0.335 e. The zero-order valence-corrected chi connectivity index (χ0v) is 19.7. The number of carbonyl (C=O) groups is 1. The number of hydrogen-bond acceptors (Lipinski definition) is 6. The Morgan fingerprint density at radius 1 is 0.765 bits per heavy atom. The van der Waals surface area contributed by atoms with Crippen LogP contribution in [0.15, 0.2) is 72.8 Å². The van der Waals surface area contributed by atoms with Crippen molar-refractivity contribution in [1.82, 2.24) is 19.9 Å². The molecule has 0 aliphatic rings. The Hall–Kier alpha value is -4.10. The van der Waals surface area contributed by atoms with Crippen LogP contribution in [0, 0.1) is 13.8 Å². The highest BCUT2D eigenvalue weighted by Crippen LogP contribution is 2.28. The van der Waals surface area contributed by atoms with Gasteiger partial charge in [0, 0.05) is 23.5 Å². The lowest BCUT2D eigenvalue weighted by Crippen LogP contribution is -2.13. The molecule has 170 valence electrons. The third kappa shape index (κ3) is 4.94. The van der Waals surface area contributed by atoms with Crippen LogP contribution in [0.1, 0.15) is 22.0 Å². The fraction of sp³-hybridized carbons (Fsp3) is 0.115. The first-order valence-electron chi connectivity index (χ1n) is 10.5. The van der Waals surface area contributed by atoms with Gasteiger partial charge in [-0.05, 0) is 62.4 Å². The quantitative estimate of drug-likeness (QED) is 0.323. The van der Waals surface area contributed by atoms with Gasteiger partial charge in [0.15, 0.2) is 0 Å². The summed E-state index contributed by atoms with van der Waals surface area (Å²) in [5, 5.41) is 11.4. The number of aromatic nitrogens is 4. The van der Waals surface area contributed by atoms with E-state index in [9.17, 15) is 4.79 Å². The Morgan fingerprint density at radius 2 is 1.29 bits per heavy atom. The monoisotopic (exact) mass is 471 g/mol. The molecule has 5 aromatic rings. The van der Waals surface area contributed by atoms with Gasteiger partial charge >= 0.3 is 5.97 Å². The number of nitrogens with zero attached hydrogens (tertiary/aromatic N) is 5. The summed E-state index contributed by atoms with van der Waals surface area (Å²) in [5.41, 5.74) is 2.92. The molecule has 7 nitrogen and oxygen atoms in total. The van der Waals surface area contributed by atoms with Gasteiger partial charge in [-0.1, -0.05) is 35.9 Å². The third-order valence-corrected chi connectivity index (χ3v) is 5.47. The molecule has 2 aromatic heterocycles. The number of aryl methyl sites for hydroxylation is 2. The van der Waals surface area contributed by atoms with Crippen molar-refractivity contribution in [2.45, 2.75) is 13.8 Å². The Bertz CT molecular complexity index is 1490. The molecule has 0 aliphatic carbocycles. The lowest BCUT2D eigenvalue weighted by molar-refractivity contribution is 0.0697. The van der Waals surface area contributed by atoms with E-state index in [1.165, 1.54) is 0 Å². The average Bonchev–Trinajstić information content (AvgIpc) is 2.83. The minimum absolute atomic E-state index is 0.265. The average molecular weight is 472 g/mol. The van der Waals surface area contributed by atoms with E-state index in [1.54, 1.807) is 24.3 Å². The second kappa shape index (κ2) is 9.80. The lowest BCUT2D eigenvalue weighted by atomic mass is 10.2. The van der Waals surface area contributed by atoms with Crippen LogP contribution in [0.4, 0.5) is 11.5 Å². The normalized spacial score (nSPS) is 10.6. The van der Waals surface area contributed by atoms with Gasteiger partial charge in [0.1, 0.15) is 22.6 Å². The molecule has 2 heterocycles. The van der Waals surface area contributed by atoms with Crippen LogP contribution < -0.4 is 4.90 Å². The molecule has 0 amide bonds. The second-order valence-corrected chi connectivity index (χ2v) is 7.96. The first kappa shape index (κ1) is 23.1. The Kier molecular flexibility index (Phi) is 6.65. The maximum absolute atomic E-state index is 10.9. The fourth-order valence-electron chi connectivity index (χ4n) is 3.53. The second-order valence-electron chi connectivity index (χ2n) is 7.60. The fourth-order valence-corrected chi connectivity index (χ4v) is 3.81. The predicted molar refractivity (Wildman–Crippen MR) is 135 cm³/mol. The van der Waals surface area contributed by atoms with E-state index in [4.69, 9.17) is 16.7 Å². The van der Waals surface area contributed by atoms with Crippen molar-refractivity contribution in [3.63, 3.8) is 0 Å². The van der Waals surface area contributed by atoms with Crippen molar-refractivity contribution >= 4 is 50.9 Å². The smallest absolute Gasteiger partial charge is 0.335 e. The zero-order valence-electron chi connectivity index (χ0n) is 18.9. The number of benzene rings is 3. The number of para-hydroxylation sites is 2. The van der Waals surface area contributed by atoms with Gasteiger partial charge in [-0.15, -0.1) is 0 Å². The van der Waals surface area contributed by atoms with Crippen molar-refractivity contribution in [2.24, 2.45) is 0 Å². The number of aromatic carboxylic acids is 1. The van der Waals surface area contributed by atoms with E-state index >= 15 is 0 Å². The van der Waals surface area contributed by atoms with Crippen molar-refractivity contribution in [3.05, 3.63) is 95.2 Å². The van der Waals surface area contributed by atoms with Gasteiger partial charge in [-0.25, -0.2) is 24.7 Å². The highest BCUT2D eigenvalue weighted by molar-refractivity contribution is 6.34. The summed E-state index contributed by atoms with van der Waals surface area (Å²) in [5.74, 6) is 1.27. The number of fused-ring (bicyclic) bond motifs is 2. The van der Waals surface area contributed by atoms with Crippen molar-refractivity contribution in [2.75, 3.05) is 11.9 Å². The predicted octanol–water partition coefficient (Wildman–Crippen LogP) is 6.00. The van der Waals surface area contributed by atoms with Crippen LogP contribution in [-0.2, 0) is 0 Å². The standard InChI is InChI=1S/C17H15N3O2.C9H7ClN2/c1-11-18-15-6-4-3-5-14(15)16(19-11)20(2)13-9-7-12(8-10-13)17(21)22;1-6-11-8-5-3-2-4-7(8)9(10)12-6/h3-10H,1-2H3,(H,21,22);2-5H,1H3. The summed E-state index contributed by atoms with van der Waals surface area (Å²) in [6, 6.07) is 22.2. The molecule has 0 unspecified atom stereocenters. The molecule has 0 spiro atoms. The molecular formula is C26H22ClN5O2. The number of rotatable bonds is 3. The van der Waals surface area contributed by atoms with E-state index in [1.807, 2.05) is 74.3 Å². The molecule has 5 rings (SSSR count). The summed E-state index contributed by atoms with van der Waals surface area (Å²) in [7, 11) is 1.91. The number of halogens is 1. The van der Waals surface area contributed by atoms with Crippen LogP contribution in [0.3, 0.4) is 0 Å². The summed E-state index contributed by atoms with van der Waals surface area (Å²) >= 11 is 5.91. The van der Waals surface area contributed by atoms with Crippen molar-refractivity contribution < 1.29 is 9.90 Å². The Morgan fingerprint density at radius 3 is 1.91 bits per heavy atom. The number of carboxylic acids is 1. The van der Waals surface area contributed by atoms with E-state index in [0.717, 1.165) is 33.3 Å². The SMILES string of the molecule is Cc1nc(Cl)c2ccccc2n1.Cc1nc(N(C)c2ccc(C(=O)O)cc2)c2ccccc2n1. The van der Waals surface area contributed by atoms with E-state index < -0.39 is 5.97 Å². The summed E-state index contributed by atoms with van der Waals surface area (Å²) < 4.78 is 0. The molecular weight excluding hydrogens is 450 g/mol. The van der Waals surface area contributed by atoms with Gasteiger partial charge in [0.05, 0.1) is 16.6 Å². The van der Waals surface area contributed by atoms with Crippen LogP contribution in [0.2, 0.25) is 5.15 Å². The molecule has 0 radical (unpaired) electrons. The van der Waals surface area contributed by atoms with Gasteiger partial charge in [-0.3, -0.25) is 0 Å². The van der Waals surface area contributed by atoms with Gasteiger partial charge in [-0.2, -0.15) is 0 Å². The minimum Gasteiger partial charge on any atom is -0.478 e. The summed E-state index contributed by atoms with van der Waals surface area (Å²) in [4.78, 5) is 30.1. The number of carboxylic acid groups (broad SMARTS) is 1. The maximum atomic E-state index is 10.9. The zero-order chi connectivity index (χ0) is 24.2. The molecule has 0 aliphatic heterocycles. The van der Waals surface area contributed by atoms with Crippen LogP contribution in [-0.4, -0.2) is 38.1 Å². The number of anilines is 2. The summed E-state index contributed by atoms with van der Waals surface area (Å²) in [6.45, 7) is 3.69. The van der Waals surface area contributed by atoms with Crippen molar-refractivity contribution in [1.29, 1.82) is 0 Å². The van der Waals surface area contributed by atoms with Gasteiger partial charge in [0.2, 0.25) is 0 Å². The third-order valence-electron chi connectivity index (χ3n) is 5.18. The van der Waals surface area contributed by atoms with Crippen LogP contribution >= 0.6 is 11.6 Å². The van der Waals surface area contributed by atoms with E-state index in [2.05, 4.69) is 19.9 Å². The molecule has 0 bridgehead atoms. The molecule has 0 fully saturated rings. The van der Waals surface area contributed by atoms with Crippen molar-refractivity contribution in [3.8, 4) is 0 Å². The highest BCUT2D eigenvalue weighted by Gasteiger charge is 2.12. The van der Waals surface area contributed by atoms with E-state index in [-0.39, 0.29) is 5.56 Å². The van der Waals surface area contributed by atoms with E-state index in [0.29, 0.717) is 16.8 Å². The largest absolute Gasteiger partial charge is 0.478 e.